The second kappa shape index (κ2) is 4.29. The third kappa shape index (κ3) is 1.79. The Morgan fingerprint density at radius 3 is 3.17 bits per heavy atom. The van der Waals surface area contributed by atoms with E-state index >= 15 is 0 Å². The molecule has 1 saturated heterocycles. The van der Waals surface area contributed by atoms with Gasteiger partial charge in [0.2, 0.25) is 0 Å². The molecule has 1 aliphatic rings. The Morgan fingerprint density at radius 1 is 1.44 bits per heavy atom. The Hall–Kier alpha value is -2.11. The normalized spacial score (nSPS) is 20.2. The number of carbonyl (C=O) groups is 1. The van der Waals surface area contributed by atoms with E-state index in [1.54, 1.807) is 18.6 Å². The molecule has 0 aromatic carbocycles. The van der Waals surface area contributed by atoms with E-state index in [4.69, 9.17) is 5.11 Å². The topological polar surface area (TPSA) is 70.7 Å². The first-order valence-corrected chi connectivity index (χ1v) is 6.00. The molecule has 0 unspecified atom stereocenters. The van der Waals surface area contributed by atoms with Crippen molar-refractivity contribution >= 4 is 11.6 Å². The highest BCUT2D eigenvalue weighted by Crippen LogP contribution is 2.26. The van der Waals surface area contributed by atoms with Crippen LogP contribution in [-0.2, 0) is 0 Å². The fourth-order valence-corrected chi connectivity index (χ4v) is 2.54. The van der Waals surface area contributed by atoms with Crippen molar-refractivity contribution in [2.45, 2.75) is 18.8 Å². The van der Waals surface area contributed by atoms with Crippen molar-refractivity contribution in [1.82, 2.24) is 19.3 Å². The zero-order chi connectivity index (χ0) is 12.5. The van der Waals surface area contributed by atoms with Gasteiger partial charge in [-0.15, -0.1) is 0 Å². The summed E-state index contributed by atoms with van der Waals surface area (Å²) in [4.78, 5) is 21.0. The number of fused-ring (bicyclic) bond motifs is 1. The summed E-state index contributed by atoms with van der Waals surface area (Å²) < 4.78 is 1.99. The van der Waals surface area contributed by atoms with Crippen LogP contribution >= 0.6 is 0 Å². The van der Waals surface area contributed by atoms with Gasteiger partial charge in [0, 0.05) is 31.4 Å². The number of rotatable bonds is 1. The smallest absolute Gasteiger partial charge is 0.407 e. The number of hydrogen-bond acceptors (Lipinski definition) is 3. The van der Waals surface area contributed by atoms with Crippen molar-refractivity contribution in [3.8, 4) is 0 Å². The van der Waals surface area contributed by atoms with Gasteiger partial charge in [0.15, 0.2) is 0 Å². The highest BCUT2D eigenvalue weighted by molar-refractivity contribution is 5.65. The molecule has 0 saturated carbocycles. The lowest BCUT2D eigenvalue weighted by Crippen LogP contribution is -2.38. The van der Waals surface area contributed by atoms with Crippen LogP contribution in [0.15, 0.2) is 24.8 Å². The number of nitrogens with zero attached hydrogens (tertiary/aromatic N) is 4. The van der Waals surface area contributed by atoms with Gasteiger partial charge >= 0.3 is 6.09 Å². The van der Waals surface area contributed by atoms with Crippen molar-refractivity contribution < 1.29 is 9.90 Å². The monoisotopic (exact) mass is 246 g/mol. The predicted octanol–water partition coefficient (Wildman–Crippen LogP) is 1.59. The number of hydrogen-bond donors (Lipinski definition) is 1. The van der Waals surface area contributed by atoms with E-state index < -0.39 is 6.09 Å². The van der Waals surface area contributed by atoms with Crippen molar-refractivity contribution in [3.05, 3.63) is 30.6 Å². The van der Waals surface area contributed by atoms with Crippen LogP contribution in [0.4, 0.5) is 4.79 Å². The van der Waals surface area contributed by atoms with Crippen LogP contribution in [0.5, 0.6) is 0 Å². The summed E-state index contributed by atoms with van der Waals surface area (Å²) in [6.45, 7) is 1.15. The Labute approximate surface area is 104 Å². The average Bonchev–Trinajstić information content (AvgIpc) is 2.82. The molecular formula is C12H14N4O2. The predicted molar refractivity (Wildman–Crippen MR) is 64.6 cm³/mol. The molecule has 1 fully saturated rings. The molecule has 0 bridgehead atoms. The molecule has 94 valence electrons. The maximum atomic E-state index is 11.0. The maximum Gasteiger partial charge on any atom is 0.407 e. The number of carboxylic acid groups (broad SMARTS) is 1. The summed E-state index contributed by atoms with van der Waals surface area (Å²) >= 11 is 0. The molecule has 2 aromatic heterocycles. The molecule has 0 radical (unpaired) electrons. The first-order chi connectivity index (χ1) is 8.75. The van der Waals surface area contributed by atoms with Crippen molar-refractivity contribution in [1.29, 1.82) is 0 Å². The Balaban J connectivity index is 1.92. The minimum atomic E-state index is -0.845. The summed E-state index contributed by atoms with van der Waals surface area (Å²) in [7, 11) is 0. The third-order valence-electron chi connectivity index (χ3n) is 3.42. The maximum absolute atomic E-state index is 11.0. The zero-order valence-electron chi connectivity index (χ0n) is 9.86. The Morgan fingerprint density at radius 2 is 2.33 bits per heavy atom. The van der Waals surface area contributed by atoms with E-state index in [1.807, 2.05) is 10.6 Å². The molecule has 6 heteroatoms. The molecular weight excluding hydrogens is 232 g/mol. The largest absolute Gasteiger partial charge is 0.465 e. The highest BCUT2D eigenvalue weighted by atomic mass is 16.4. The fourth-order valence-electron chi connectivity index (χ4n) is 2.54. The summed E-state index contributed by atoms with van der Waals surface area (Å²) in [5.74, 6) is 1.10. The lowest BCUT2D eigenvalue weighted by molar-refractivity contribution is 0.129. The molecule has 1 N–H and O–H groups in total. The SMILES string of the molecule is O=C(O)N1CCC[C@@H](c2ncc3cnccn23)C1. The van der Waals surface area contributed by atoms with Crippen LogP contribution in [0.2, 0.25) is 0 Å². The van der Waals surface area contributed by atoms with Gasteiger partial charge in [-0.2, -0.15) is 0 Å². The van der Waals surface area contributed by atoms with E-state index in [2.05, 4.69) is 9.97 Å². The molecule has 1 aliphatic heterocycles. The van der Waals surface area contributed by atoms with Gasteiger partial charge in [0.1, 0.15) is 5.82 Å². The van der Waals surface area contributed by atoms with Crippen LogP contribution in [0, 0.1) is 0 Å². The van der Waals surface area contributed by atoms with Gasteiger partial charge < -0.3 is 14.4 Å². The second-order valence-electron chi connectivity index (χ2n) is 4.56. The van der Waals surface area contributed by atoms with Crippen LogP contribution < -0.4 is 0 Å². The summed E-state index contributed by atoms with van der Waals surface area (Å²) in [5, 5.41) is 9.06. The molecule has 1 amide bonds. The first-order valence-electron chi connectivity index (χ1n) is 6.00. The molecule has 0 spiro atoms. The molecule has 18 heavy (non-hydrogen) atoms. The third-order valence-corrected chi connectivity index (χ3v) is 3.42. The van der Waals surface area contributed by atoms with Crippen molar-refractivity contribution in [2.75, 3.05) is 13.1 Å². The molecule has 6 nitrogen and oxygen atoms in total. The summed E-state index contributed by atoms with van der Waals surface area (Å²) in [5.41, 5.74) is 0.944. The molecule has 0 aliphatic carbocycles. The Kier molecular flexibility index (Phi) is 2.62. The van der Waals surface area contributed by atoms with E-state index in [1.165, 1.54) is 4.90 Å². The van der Waals surface area contributed by atoms with Crippen molar-refractivity contribution in [3.63, 3.8) is 0 Å². The van der Waals surface area contributed by atoms with Crippen LogP contribution in [0.3, 0.4) is 0 Å². The number of amides is 1. The average molecular weight is 246 g/mol. The fraction of sp³-hybridized carbons (Fsp3) is 0.417. The standard InChI is InChI=1S/C12H14N4O2/c17-12(18)15-4-1-2-9(8-15)11-14-7-10-6-13-3-5-16(10)11/h3,5-7,9H,1-2,4,8H2,(H,17,18)/t9-/m1/s1. The lowest BCUT2D eigenvalue weighted by atomic mass is 9.97. The minimum absolute atomic E-state index is 0.166. The van der Waals surface area contributed by atoms with E-state index in [0.29, 0.717) is 13.1 Å². The Bertz CT molecular complexity index is 580. The number of aromatic nitrogens is 3. The molecule has 3 rings (SSSR count). The van der Waals surface area contributed by atoms with E-state index in [-0.39, 0.29) is 5.92 Å². The van der Waals surface area contributed by atoms with Crippen LogP contribution in [-0.4, -0.2) is 43.6 Å². The van der Waals surface area contributed by atoms with Gasteiger partial charge in [-0.3, -0.25) is 4.98 Å². The highest BCUT2D eigenvalue weighted by Gasteiger charge is 2.26. The summed E-state index contributed by atoms with van der Waals surface area (Å²) in [6, 6.07) is 0. The van der Waals surface area contributed by atoms with Gasteiger partial charge in [0.05, 0.1) is 17.9 Å². The lowest BCUT2D eigenvalue weighted by Gasteiger charge is -2.29. The molecule has 3 heterocycles. The van der Waals surface area contributed by atoms with Gasteiger partial charge in [-0.25, -0.2) is 9.78 Å². The van der Waals surface area contributed by atoms with E-state index in [0.717, 1.165) is 24.2 Å². The minimum Gasteiger partial charge on any atom is -0.465 e. The number of piperidine rings is 1. The van der Waals surface area contributed by atoms with Gasteiger partial charge in [0.25, 0.3) is 0 Å². The van der Waals surface area contributed by atoms with Gasteiger partial charge in [-0.1, -0.05) is 0 Å². The summed E-state index contributed by atoms with van der Waals surface area (Å²) in [6.07, 6.45) is 8.15. The molecule has 2 aromatic rings. The zero-order valence-corrected chi connectivity index (χ0v) is 9.86. The number of imidazole rings is 1. The quantitative estimate of drug-likeness (QED) is 0.829. The van der Waals surface area contributed by atoms with Crippen LogP contribution in [0.1, 0.15) is 24.6 Å². The van der Waals surface area contributed by atoms with E-state index in [9.17, 15) is 4.79 Å². The van der Waals surface area contributed by atoms with Crippen LogP contribution in [0.25, 0.3) is 5.52 Å². The van der Waals surface area contributed by atoms with Gasteiger partial charge in [-0.05, 0) is 12.8 Å². The molecule has 1 atom stereocenters. The first kappa shape index (κ1) is 11.0. The number of likely N-dealkylation sites (tertiary alicyclic amines) is 1. The second-order valence-corrected chi connectivity index (χ2v) is 4.56. The van der Waals surface area contributed by atoms with Crippen molar-refractivity contribution in [2.24, 2.45) is 0 Å².